The van der Waals surface area contributed by atoms with E-state index in [9.17, 15) is 9.90 Å². The number of nitrogens with one attached hydrogen (secondary N) is 2. The fraction of sp³-hybridized carbons (Fsp3) is 0.385. The molecule has 0 spiro atoms. The van der Waals surface area contributed by atoms with Gasteiger partial charge in [-0.1, -0.05) is 0 Å². The maximum absolute atomic E-state index is 11.3. The molecule has 0 aliphatic carbocycles. The predicted octanol–water partition coefficient (Wildman–Crippen LogP) is 1.34. The average Bonchev–Trinajstić information content (AvgIpc) is 2.82. The molecular weight excluding hydrogens is 230 g/mol. The van der Waals surface area contributed by atoms with E-state index in [1.165, 1.54) is 0 Å². The van der Waals surface area contributed by atoms with Crippen molar-refractivity contribution in [2.45, 2.75) is 12.3 Å². The molecule has 5 nitrogen and oxygen atoms in total. The van der Waals surface area contributed by atoms with E-state index in [1.807, 2.05) is 12.1 Å². The molecule has 1 aliphatic rings. The van der Waals surface area contributed by atoms with Gasteiger partial charge in [0.05, 0.1) is 5.92 Å². The molecular formula is C13H15N3O2. The van der Waals surface area contributed by atoms with Gasteiger partial charge in [0, 0.05) is 41.5 Å². The van der Waals surface area contributed by atoms with Crippen LogP contribution < -0.4 is 5.32 Å². The van der Waals surface area contributed by atoms with Crippen LogP contribution in [0.3, 0.4) is 0 Å². The molecule has 2 unspecified atom stereocenters. The third-order valence-corrected chi connectivity index (χ3v) is 3.64. The lowest BCUT2D eigenvalue weighted by Crippen LogP contribution is -2.39. The molecule has 94 valence electrons. The molecule has 0 amide bonds. The van der Waals surface area contributed by atoms with Crippen LogP contribution in [-0.4, -0.2) is 34.1 Å². The van der Waals surface area contributed by atoms with Gasteiger partial charge in [-0.3, -0.25) is 9.78 Å². The molecule has 0 aromatic carbocycles. The quantitative estimate of drug-likeness (QED) is 0.746. The van der Waals surface area contributed by atoms with Gasteiger partial charge in [0.25, 0.3) is 0 Å². The van der Waals surface area contributed by atoms with E-state index in [0.29, 0.717) is 6.54 Å². The summed E-state index contributed by atoms with van der Waals surface area (Å²) in [5.41, 5.74) is 2.02. The Morgan fingerprint density at radius 1 is 1.50 bits per heavy atom. The molecule has 5 heteroatoms. The molecule has 3 rings (SSSR count). The lowest BCUT2D eigenvalue weighted by molar-refractivity contribution is -0.143. The highest BCUT2D eigenvalue weighted by Crippen LogP contribution is 2.31. The zero-order valence-corrected chi connectivity index (χ0v) is 9.89. The number of nitrogens with zero attached hydrogens (tertiary/aromatic N) is 1. The zero-order valence-electron chi connectivity index (χ0n) is 9.89. The number of aromatic nitrogens is 2. The first-order chi connectivity index (χ1) is 8.75. The highest BCUT2D eigenvalue weighted by molar-refractivity contribution is 5.80. The number of carboxylic acids is 1. The van der Waals surface area contributed by atoms with Crippen molar-refractivity contribution in [1.29, 1.82) is 0 Å². The first-order valence-electron chi connectivity index (χ1n) is 6.12. The maximum Gasteiger partial charge on any atom is 0.308 e. The molecule has 2 aromatic rings. The minimum atomic E-state index is -0.732. The maximum atomic E-state index is 11.3. The van der Waals surface area contributed by atoms with Crippen molar-refractivity contribution in [3.63, 3.8) is 0 Å². The minimum absolute atomic E-state index is 0.0520. The normalized spacial score (nSPS) is 24.2. The second-order valence-corrected chi connectivity index (χ2v) is 4.73. The monoisotopic (exact) mass is 245 g/mol. The van der Waals surface area contributed by atoms with E-state index < -0.39 is 5.97 Å². The Kier molecular flexibility index (Phi) is 2.76. The van der Waals surface area contributed by atoms with Crippen molar-refractivity contribution in [1.82, 2.24) is 15.3 Å². The summed E-state index contributed by atoms with van der Waals surface area (Å²) in [6, 6.07) is 3.93. The standard InChI is InChI=1S/C13H15N3O2/c17-13(18)10-7-15-3-1-9(10)12-5-8-6-14-4-2-11(8)16-12/h2,4-6,9-10,15-16H,1,3,7H2,(H,17,18). The van der Waals surface area contributed by atoms with Crippen molar-refractivity contribution in [2.75, 3.05) is 13.1 Å². The number of aliphatic carboxylic acids is 1. The van der Waals surface area contributed by atoms with Gasteiger partial charge in [-0.2, -0.15) is 0 Å². The van der Waals surface area contributed by atoms with Gasteiger partial charge in [-0.05, 0) is 25.1 Å². The lowest BCUT2D eigenvalue weighted by Gasteiger charge is -2.28. The first-order valence-corrected chi connectivity index (χ1v) is 6.12. The summed E-state index contributed by atoms with van der Waals surface area (Å²) in [5.74, 6) is -1.04. The number of hydrogen-bond acceptors (Lipinski definition) is 3. The Morgan fingerprint density at radius 3 is 3.17 bits per heavy atom. The molecule has 2 atom stereocenters. The summed E-state index contributed by atoms with van der Waals surface area (Å²) in [4.78, 5) is 18.7. The summed E-state index contributed by atoms with van der Waals surface area (Å²) >= 11 is 0. The Labute approximate surface area is 104 Å². The summed E-state index contributed by atoms with van der Waals surface area (Å²) in [5, 5.41) is 13.5. The van der Waals surface area contributed by atoms with E-state index in [4.69, 9.17) is 0 Å². The number of pyridine rings is 1. The largest absolute Gasteiger partial charge is 0.481 e. The van der Waals surface area contributed by atoms with E-state index in [-0.39, 0.29) is 11.8 Å². The highest BCUT2D eigenvalue weighted by Gasteiger charge is 2.32. The van der Waals surface area contributed by atoms with Gasteiger partial charge < -0.3 is 15.4 Å². The van der Waals surface area contributed by atoms with E-state index in [1.54, 1.807) is 12.4 Å². The third-order valence-electron chi connectivity index (χ3n) is 3.64. The second kappa shape index (κ2) is 4.42. The fourth-order valence-electron chi connectivity index (χ4n) is 2.68. The molecule has 1 aliphatic heterocycles. The number of H-pyrrole nitrogens is 1. The van der Waals surface area contributed by atoms with Crippen LogP contribution in [-0.2, 0) is 4.79 Å². The first kappa shape index (κ1) is 11.2. The van der Waals surface area contributed by atoms with Crippen LogP contribution in [0.1, 0.15) is 18.0 Å². The number of aromatic amines is 1. The molecule has 18 heavy (non-hydrogen) atoms. The molecule has 3 heterocycles. The number of rotatable bonds is 2. The van der Waals surface area contributed by atoms with Gasteiger partial charge in [-0.25, -0.2) is 0 Å². The number of carbonyl (C=O) groups is 1. The third kappa shape index (κ3) is 1.86. The van der Waals surface area contributed by atoms with Crippen LogP contribution in [0.15, 0.2) is 24.5 Å². The minimum Gasteiger partial charge on any atom is -0.481 e. The summed E-state index contributed by atoms with van der Waals surface area (Å²) < 4.78 is 0. The average molecular weight is 245 g/mol. The highest BCUT2D eigenvalue weighted by atomic mass is 16.4. The topological polar surface area (TPSA) is 78.0 Å². The molecule has 0 saturated carbocycles. The van der Waals surface area contributed by atoms with Crippen molar-refractivity contribution < 1.29 is 9.90 Å². The van der Waals surface area contributed by atoms with Gasteiger partial charge in [0.1, 0.15) is 0 Å². The van der Waals surface area contributed by atoms with Crippen LogP contribution in [0.4, 0.5) is 0 Å². The van der Waals surface area contributed by atoms with Gasteiger partial charge >= 0.3 is 5.97 Å². The number of piperidine rings is 1. The molecule has 1 saturated heterocycles. The number of hydrogen-bond donors (Lipinski definition) is 3. The van der Waals surface area contributed by atoms with Crippen LogP contribution in [0, 0.1) is 5.92 Å². The number of carboxylic acid groups (broad SMARTS) is 1. The lowest BCUT2D eigenvalue weighted by atomic mass is 9.84. The molecule has 1 fully saturated rings. The van der Waals surface area contributed by atoms with Gasteiger partial charge in [-0.15, -0.1) is 0 Å². The smallest absolute Gasteiger partial charge is 0.308 e. The summed E-state index contributed by atoms with van der Waals surface area (Å²) in [6.07, 6.45) is 4.38. The Balaban J connectivity index is 1.98. The summed E-state index contributed by atoms with van der Waals surface area (Å²) in [6.45, 7) is 1.40. The van der Waals surface area contributed by atoms with Crippen molar-refractivity contribution >= 4 is 16.9 Å². The Hall–Kier alpha value is -1.88. The molecule has 2 aromatic heterocycles. The second-order valence-electron chi connectivity index (χ2n) is 4.73. The van der Waals surface area contributed by atoms with Crippen molar-refractivity contribution in [3.8, 4) is 0 Å². The van der Waals surface area contributed by atoms with Crippen molar-refractivity contribution in [2.24, 2.45) is 5.92 Å². The van der Waals surface area contributed by atoms with Gasteiger partial charge in [0.15, 0.2) is 0 Å². The van der Waals surface area contributed by atoms with E-state index in [2.05, 4.69) is 15.3 Å². The molecule has 0 bridgehead atoms. The summed E-state index contributed by atoms with van der Waals surface area (Å²) in [7, 11) is 0. The molecule has 0 radical (unpaired) electrons. The molecule has 3 N–H and O–H groups in total. The Morgan fingerprint density at radius 2 is 2.39 bits per heavy atom. The number of fused-ring (bicyclic) bond motifs is 1. The van der Waals surface area contributed by atoms with E-state index in [0.717, 1.165) is 29.6 Å². The zero-order chi connectivity index (χ0) is 12.5. The predicted molar refractivity (Wildman–Crippen MR) is 67.4 cm³/mol. The van der Waals surface area contributed by atoms with Crippen LogP contribution in [0.2, 0.25) is 0 Å². The fourth-order valence-corrected chi connectivity index (χ4v) is 2.68. The van der Waals surface area contributed by atoms with Gasteiger partial charge in [0.2, 0.25) is 0 Å². The SMILES string of the molecule is O=C(O)C1CNCCC1c1cc2cnccc2[nH]1. The van der Waals surface area contributed by atoms with Crippen LogP contribution in [0.25, 0.3) is 10.9 Å². The van der Waals surface area contributed by atoms with Crippen LogP contribution >= 0.6 is 0 Å². The van der Waals surface area contributed by atoms with Crippen molar-refractivity contribution in [3.05, 3.63) is 30.2 Å². The Bertz CT molecular complexity index is 545. The van der Waals surface area contributed by atoms with E-state index >= 15 is 0 Å². The van der Waals surface area contributed by atoms with Crippen LogP contribution in [0.5, 0.6) is 0 Å².